The fourth-order valence-corrected chi connectivity index (χ4v) is 4.08. The van der Waals surface area contributed by atoms with Crippen molar-refractivity contribution >= 4 is 44.9 Å². The average Bonchev–Trinajstić information content (AvgIpc) is 2.72. The fourth-order valence-electron chi connectivity index (χ4n) is 3.48. The first kappa shape index (κ1) is 19.0. The third-order valence-electron chi connectivity index (χ3n) is 4.73. The number of nitrogens with one attached hydrogen (secondary N) is 1. The Morgan fingerprint density at radius 3 is 1.97 bits per heavy atom. The van der Waals surface area contributed by atoms with E-state index in [-0.39, 0.29) is 39.5 Å². The molecule has 5 nitrogen and oxygen atoms in total. The number of amides is 1. The van der Waals surface area contributed by atoms with E-state index in [9.17, 15) is 19.2 Å². The lowest BCUT2D eigenvalue weighted by Gasteiger charge is -2.23. The lowest BCUT2D eigenvalue weighted by molar-refractivity contribution is -0.114. The molecular formula is C23H14BrNO4. The second kappa shape index (κ2) is 7.22. The lowest BCUT2D eigenvalue weighted by Crippen LogP contribution is -2.25. The number of halogens is 1. The van der Waals surface area contributed by atoms with Crippen molar-refractivity contribution in [2.75, 3.05) is 5.32 Å². The molecule has 0 heterocycles. The molecule has 0 aromatic heterocycles. The van der Waals surface area contributed by atoms with Crippen LogP contribution >= 0.6 is 15.9 Å². The van der Waals surface area contributed by atoms with Gasteiger partial charge in [-0.3, -0.25) is 19.2 Å². The van der Waals surface area contributed by atoms with Crippen LogP contribution in [0.3, 0.4) is 0 Å². The van der Waals surface area contributed by atoms with E-state index in [1.54, 1.807) is 54.6 Å². The summed E-state index contributed by atoms with van der Waals surface area (Å²) in [7, 11) is 0. The summed E-state index contributed by atoms with van der Waals surface area (Å²) in [5.41, 5.74) is 1.30. The summed E-state index contributed by atoms with van der Waals surface area (Å²) in [6, 6.07) is 16.5. The van der Waals surface area contributed by atoms with Gasteiger partial charge in [0.25, 0.3) is 0 Å². The second-order valence-corrected chi connectivity index (χ2v) is 7.47. The Labute approximate surface area is 174 Å². The largest absolute Gasteiger partial charge is 0.325 e. The summed E-state index contributed by atoms with van der Waals surface area (Å²) in [6.45, 7) is 1.29. The third kappa shape index (κ3) is 3.11. The van der Waals surface area contributed by atoms with E-state index in [4.69, 9.17) is 0 Å². The fraction of sp³-hybridized carbons (Fsp3) is 0.0435. The Hall–Kier alpha value is -3.38. The Kier molecular flexibility index (Phi) is 4.72. The maximum Gasteiger partial charge on any atom is 0.221 e. The Bertz CT molecular complexity index is 1220. The number of fused-ring (bicyclic) bond motifs is 2. The van der Waals surface area contributed by atoms with Crippen LogP contribution < -0.4 is 5.32 Å². The molecule has 0 radical (unpaired) electrons. The van der Waals surface area contributed by atoms with Gasteiger partial charge in [0.15, 0.2) is 17.3 Å². The van der Waals surface area contributed by atoms with E-state index < -0.39 is 11.7 Å². The van der Waals surface area contributed by atoms with Crippen molar-refractivity contribution in [3.05, 3.63) is 98.5 Å². The smallest absolute Gasteiger partial charge is 0.221 e. The zero-order chi connectivity index (χ0) is 20.7. The number of carbonyl (C=O) groups is 4. The van der Waals surface area contributed by atoms with Crippen LogP contribution in [-0.2, 0) is 4.79 Å². The zero-order valence-corrected chi connectivity index (χ0v) is 16.9. The summed E-state index contributed by atoms with van der Waals surface area (Å²) in [5.74, 6) is -1.57. The molecule has 1 aliphatic rings. The monoisotopic (exact) mass is 447 g/mol. The minimum absolute atomic E-state index is 0.0255. The van der Waals surface area contributed by atoms with Crippen LogP contribution in [0.5, 0.6) is 0 Å². The van der Waals surface area contributed by atoms with Gasteiger partial charge >= 0.3 is 0 Å². The van der Waals surface area contributed by atoms with Gasteiger partial charge in [0, 0.05) is 33.7 Å². The highest BCUT2D eigenvalue weighted by Gasteiger charge is 2.36. The maximum absolute atomic E-state index is 13.3. The zero-order valence-electron chi connectivity index (χ0n) is 15.3. The van der Waals surface area contributed by atoms with Crippen LogP contribution in [0, 0.1) is 0 Å². The minimum Gasteiger partial charge on any atom is -0.325 e. The lowest BCUT2D eigenvalue weighted by atomic mass is 9.81. The van der Waals surface area contributed by atoms with Crippen molar-refractivity contribution in [2.45, 2.75) is 6.92 Å². The quantitative estimate of drug-likeness (QED) is 0.471. The van der Waals surface area contributed by atoms with Gasteiger partial charge in [0.2, 0.25) is 5.91 Å². The first-order chi connectivity index (χ1) is 13.9. The van der Waals surface area contributed by atoms with Crippen LogP contribution in [0.2, 0.25) is 0 Å². The molecule has 0 saturated heterocycles. The first-order valence-electron chi connectivity index (χ1n) is 8.82. The van der Waals surface area contributed by atoms with Crippen molar-refractivity contribution in [3.8, 4) is 0 Å². The van der Waals surface area contributed by atoms with Crippen LogP contribution in [0.15, 0.2) is 65.1 Å². The summed E-state index contributed by atoms with van der Waals surface area (Å²) in [5, 5.41) is 2.61. The van der Waals surface area contributed by atoms with Gasteiger partial charge in [-0.05, 0) is 22.0 Å². The Balaban J connectivity index is 2.02. The summed E-state index contributed by atoms with van der Waals surface area (Å²) >= 11 is 3.36. The van der Waals surface area contributed by atoms with Gasteiger partial charge in [0.05, 0.1) is 16.8 Å². The number of benzene rings is 3. The number of rotatable bonds is 3. The SMILES string of the molecule is CC(=O)Nc1c(C(=O)c2ccccc2)cc(Br)c2c1C(=O)c1ccccc1C2=O. The minimum atomic E-state index is -0.448. The Morgan fingerprint density at radius 1 is 0.828 bits per heavy atom. The van der Waals surface area contributed by atoms with E-state index in [1.807, 2.05) is 0 Å². The molecule has 6 heteroatoms. The highest BCUT2D eigenvalue weighted by atomic mass is 79.9. The van der Waals surface area contributed by atoms with E-state index >= 15 is 0 Å². The van der Waals surface area contributed by atoms with Crippen LogP contribution in [0.1, 0.15) is 54.7 Å². The van der Waals surface area contributed by atoms with E-state index in [0.29, 0.717) is 15.6 Å². The highest BCUT2D eigenvalue weighted by Crippen LogP contribution is 2.39. The molecule has 3 aromatic carbocycles. The first-order valence-corrected chi connectivity index (χ1v) is 9.61. The van der Waals surface area contributed by atoms with Crippen molar-refractivity contribution < 1.29 is 19.2 Å². The molecule has 1 aliphatic carbocycles. The number of hydrogen-bond donors (Lipinski definition) is 1. The van der Waals surface area contributed by atoms with Gasteiger partial charge in [0.1, 0.15) is 0 Å². The number of carbonyl (C=O) groups excluding carboxylic acids is 4. The number of ketones is 3. The van der Waals surface area contributed by atoms with E-state index in [1.165, 1.54) is 13.0 Å². The molecule has 4 rings (SSSR count). The van der Waals surface area contributed by atoms with Gasteiger partial charge < -0.3 is 5.32 Å². The molecular weight excluding hydrogens is 434 g/mol. The Morgan fingerprint density at radius 2 is 1.38 bits per heavy atom. The molecule has 0 bridgehead atoms. The van der Waals surface area contributed by atoms with Crippen molar-refractivity contribution in [1.82, 2.24) is 0 Å². The second-order valence-electron chi connectivity index (χ2n) is 6.61. The molecule has 0 atom stereocenters. The maximum atomic E-state index is 13.3. The van der Waals surface area contributed by atoms with Gasteiger partial charge in [-0.15, -0.1) is 0 Å². The number of hydrogen-bond acceptors (Lipinski definition) is 4. The predicted molar refractivity (Wildman–Crippen MR) is 112 cm³/mol. The normalized spacial score (nSPS) is 12.2. The molecule has 3 aromatic rings. The molecule has 29 heavy (non-hydrogen) atoms. The predicted octanol–water partition coefficient (Wildman–Crippen LogP) is 4.41. The summed E-state index contributed by atoms with van der Waals surface area (Å²) in [6.07, 6.45) is 0. The summed E-state index contributed by atoms with van der Waals surface area (Å²) in [4.78, 5) is 51.4. The van der Waals surface area contributed by atoms with Gasteiger partial charge in [-0.25, -0.2) is 0 Å². The molecule has 1 amide bonds. The van der Waals surface area contributed by atoms with Gasteiger partial charge in [-0.1, -0.05) is 54.6 Å². The van der Waals surface area contributed by atoms with Crippen LogP contribution in [0.25, 0.3) is 0 Å². The molecule has 0 saturated carbocycles. The van der Waals surface area contributed by atoms with E-state index in [2.05, 4.69) is 21.2 Å². The van der Waals surface area contributed by atoms with Crippen molar-refractivity contribution in [2.24, 2.45) is 0 Å². The molecule has 142 valence electrons. The topological polar surface area (TPSA) is 80.3 Å². The highest BCUT2D eigenvalue weighted by molar-refractivity contribution is 9.10. The van der Waals surface area contributed by atoms with Crippen LogP contribution in [-0.4, -0.2) is 23.3 Å². The molecule has 0 fully saturated rings. The van der Waals surface area contributed by atoms with Crippen molar-refractivity contribution in [1.29, 1.82) is 0 Å². The standard InChI is InChI=1S/C23H14BrNO4/c1-12(26)25-20-16(21(27)13-7-3-2-4-8-13)11-17(24)18-19(20)23(29)15-10-6-5-9-14(15)22(18)28/h2-11H,1H3,(H,25,26). The average molecular weight is 448 g/mol. The molecule has 0 aliphatic heterocycles. The van der Waals surface area contributed by atoms with Crippen molar-refractivity contribution in [3.63, 3.8) is 0 Å². The van der Waals surface area contributed by atoms with Gasteiger partial charge in [-0.2, -0.15) is 0 Å². The molecule has 1 N–H and O–H groups in total. The molecule has 0 unspecified atom stereocenters. The number of anilines is 1. The summed E-state index contributed by atoms with van der Waals surface area (Å²) < 4.78 is 0.328. The van der Waals surface area contributed by atoms with E-state index in [0.717, 1.165) is 0 Å². The van der Waals surface area contributed by atoms with Crippen LogP contribution in [0.4, 0.5) is 5.69 Å². The molecule has 0 spiro atoms. The third-order valence-corrected chi connectivity index (χ3v) is 5.36.